The molecule has 4 rings (SSSR count). The molecule has 0 saturated carbocycles. The van der Waals surface area contributed by atoms with Crippen LogP contribution >= 0.6 is 0 Å². The van der Waals surface area contributed by atoms with Crippen molar-refractivity contribution in [2.45, 2.75) is 78.7 Å². The maximum Gasteiger partial charge on any atom is 0.172 e. The maximum atomic E-state index is 10.2. The number of hydrogen-bond acceptors (Lipinski definition) is 6. The van der Waals surface area contributed by atoms with Crippen molar-refractivity contribution < 1.29 is 9.47 Å². The van der Waals surface area contributed by atoms with E-state index in [1.54, 1.807) is 7.11 Å². The highest BCUT2D eigenvalue weighted by Crippen LogP contribution is 2.47. The number of allylic oxidation sites excluding steroid dienone is 8. The molecule has 0 saturated heterocycles. The Morgan fingerprint density at radius 2 is 1.61 bits per heavy atom. The Bertz CT molecular complexity index is 1790. The van der Waals surface area contributed by atoms with Gasteiger partial charge in [-0.15, -0.1) is 0 Å². The van der Waals surface area contributed by atoms with Crippen molar-refractivity contribution in [3.63, 3.8) is 0 Å². The van der Waals surface area contributed by atoms with E-state index in [1.165, 1.54) is 42.5 Å². The Kier molecular flexibility index (Phi) is 12.5. The van der Waals surface area contributed by atoms with Gasteiger partial charge < -0.3 is 14.4 Å². The quantitative estimate of drug-likeness (QED) is 0.200. The number of hydrogen-bond donors (Lipinski definition) is 0. The van der Waals surface area contributed by atoms with Crippen LogP contribution in [0.1, 0.15) is 84.3 Å². The molecule has 0 bridgehead atoms. The van der Waals surface area contributed by atoms with Crippen LogP contribution in [0.4, 0.5) is 5.69 Å². The number of nitriles is 3. The number of benzene rings is 2. The highest BCUT2D eigenvalue weighted by atomic mass is 16.5. The van der Waals surface area contributed by atoms with Crippen LogP contribution in [0.2, 0.25) is 0 Å². The molecule has 2 aromatic rings. The van der Waals surface area contributed by atoms with Gasteiger partial charge in [-0.1, -0.05) is 107 Å². The molecular formula is C43H48N4O2. The maximum absolute atomic E-state index is 10.2. The monoisotopic (exact) mass is 652 g/mol. The highest BCUT2D eigenvalue weighted by Gasteiger charge is 2.43. The predicted molar refractivity (Wildman–Crippen MR) is 198 cm³/mol. The molecule has 1 aliphatic carbocycles. The number of rotatable bonds is 13. The summed E-state index contributed by atoms with van der Waals surface area (Å²) in [6.45, 7) is 13.0. The van der Waals surface area contributed by atoms with E-state index in [1.807, 2.05) is 61.5 Å². The summed E-state index contributed by atoms with van der Waals surface area (Å²) in [7, 11) is 1.74. The molecular weight excluding hydrogens is 604 g/mol. The van der Waals surface area contributed by atoms with E-state index in [0.717, 1.165) is 42.8 Å². The summed E-state index contributed by atoms with van der Waals surface area (Å²) in [6.07, 6.45) is 19.0. The minimum Gasteiger partial charge on any atom is -0.496 e. The second kappa shape index (κ2) is 16.7. The zero-order valence-corrected chi connectivity index (χ0v) is 29.8. The SMILES string of the molecule is CCCCN(CCCC)c1ccc(/C=C/C2=CC(=C/C=C/C3=C(C#N)C(=C(C#N)C#N)OC3(C)c3ccccc3)/CC(C)(C)C2)c(OC)c1. The van der Waals surface area contributed by atoms with Gasteiger partial charge in [-0.3, -0.25) is 0 Å². The molecule has 1 heterocycles. The van der Waals surface area contributed by atoms with Crippen LogP contribution in [0.25, 0.3) is 6.08 Å². The molecule has 0 spiro atoms. The fourth-order valence-electron chi connectivity index (χ4n) is 6.59. The van der Waals surface area contributed by atoms with Crippen LogP contribution in [-0.4, -0.2) is 20.2 Å². The van der Waals surface area contributed by atoms with Gasteiger partial charge in [0.15, 0.2) is 16.9 Å². The van der Waals surface area contributed by atoms with Gasteiger partial charge in [0.2, 0.25) is 0 Å². The van der Waals surface area contributed by atoms with Crippen LogP contribution < -0.4 is 9.64 Å². The van der Waals surface area contributed by atoms with E-state index in [4.69, 9.17) is 9.47 Å². The van der Waals surface area contributed by atoms with Crippen molar-refractivity contribution in [3.8, 4) is 24.0 Å². The fraction of sp³-hybridized carbons (Fsp3) is 0.372. The summed E-state index contributed by atoms with van der Waals surface area (Å²) in [4.78, 5) is 2.47. The summed E-state index contributed by atoms with van der Waals surface area (Å²) in [5, 5.41) is 29.3. The van der Waals surface area contributed by atoms with E-state index in [9.17, 15) is 15.8 Å². The molecule has 0 radical (unpaired) electrons. The van der Waals surface area contributed by atoms with Gasteiger partial charge in [-0.2, -0.15) is 15.8 Å². The average molecular weight is 653 g/mol. The minimum absolute atomic E-state index is 0.0235. The summed E-state index contributed by atoms with van der Waals surface area (Å²) in [6, 6.07) is 22.1. The lowest BCUT2D eigenvalue weighted by Gasteiger charge is -2.30. The first-order valence-corrected chi connectivity index (χ1v) is 17.3. The second-order valence-electron chi connectivity index (χ2n) is 13.6. The van der Waals surface area contributed by atoms with E-state index < -0.39 is 5.60 Å². The Balaban J connectivity index is 1.66. The molecule has 1 unspecified atom stereocenters. The van der Waals surface area contributed by atoms with Crippen molar-refractivity contribution in [1.82, 2.24) is 0 Å². The van der Waals surface area contributed by atoms with Gasteiger partial charge in [0.1, 0.15) is 29.5 Å². The number of ether oxygens (including phenoxy) is 2. The summed E-state index contributed by atoms with van der Waals surface area (Å²) in [5.74, 6) is 0.891. The molecule has 0 amide bonds. The second-order valence-corrected chi connectivity index (χ2v) is 13.6. The van der Waals surface area contributed by atoms with E-state index in [-0.39, 0.29) is 22.3 Å². The Morgan fingerprint density at radius 3 is 2.22 bits per heavy atom. The van der Waals surface area contributed by atoms with Crippen molar-refractivity contribution in [3.05, 3.63) is 124 Å². The van der Waals surface area contributed by atoms with E-state index >= 15 is 0 Å². The third-order valence-electron chi connectivity index (χ3n) is 9.14. The molecule has 2 aromatic carbocycles. The number of anilines is 1. The van der Waals surface area contributed by atoms with Gasteiger partial charge in [0, 0.05) is 36.0 Å². The summed E-state index contributed by atoms with van der Waals surface area (Å²) < 4.78 is 12.1. The van der Waals surface area contributed by atoms with Crippen LogP contribution in [0, 0.1) is 39.4 Å². The molecule has 0 fully saturated rings. The number of unbranched alkanes of at least 4 members (excludes halogenated alkanes) is 2. The third-order valence-corrected chi connectivity index (χ3v) is 9.14. The Hall–Kier alpha value is -5.25. The first-order chi connectivity index (χ1) is 23.6. The number of nitrogens with zero attached hydrogens (tertiary/aromatic N) is 4. The predicted octanol–water partition coefficient (Wildman–Crippen LogP) is 10.4. The normalized spacial score (nSPS) is 19.4. The Labute approximate surface area is 293 Å². The molecule has 1 atom stereocenters. The van der Waals surface area contributed by atoms with Crippen LogP contribution in [-0.2, 0) is 10.3 Å². The fourth-order valence-corrected chi connectivity index (χ4v) is 6.59. The lowest BCUT2D eigenvalue weighted by atomic mass is 9.75. The molecule has 0 N–H and O–H groups in total. The average Bonchev–Trinajstić information content (AvgIpc) is 3.39. The van der Waals surface area contributed by atoms with Crippen molar-refractivity contribution in [2.75, 3.05) is 25.1 Å². The van der Waals surface area contributed by atoms with Gasteiger partial charge in [-0.25, -0.2) is 0 Å². The molecule has 1 aliphatic heterocycles. The van der Waals surface area contributed by atoms with Gasteiger partial charge >= 0.3 is 0 Å². The van der Waals surface area contributed by atoms with Crippen molar-refractivity contribution in [1.29, 1.82) is 15.8 Å². The molecule has 0 aromatic heterocycles. The third kappa shape index (κ3) is 8.81. The first kappa shape index (κ1) is 36.6. The molecule has 6 heteroatoms. The van der Waals surface area contributed by atoms with Crippen LogP contribution in [0.3, 0.4) is 0 Å². The van der Waals surface area contributed by atoms with Gasteiger partial charge in [0.05, 0.1) is 7.11 Å². The standard InChI is InChI=1S/C43H48N4O2/c1-7-9-23-47(24-10-8-2)37-22-21-34(40(26-37)48-6)20-19-33-25-32(27-42(3,4)28-33)15-14-18-39-38(31-46)41(35(29-44)30-45)49-43(39,5)36-16-12-11-13-17-36/h11-22,25-26H,7-10,23-24,27-28H2,1-6H3/b18-14+,20-19+,32-15-. The first-order valence-electron chi connectivity index (χ1n) is 17.3. The molecule has 49 heavy (non-hydrogen) atoms. The molecule has 6 nitrogen and oxygen atoms in total. The smallest absolute Gasteiger partial charge is 0.172 e. The van der Waals surface area contributed by atoms with Crippen molar-refractivity contribution in [2.24, 2.45) is 5.41 Å². The lowest BCUT2D eigenvalue weighted by Crippen LogP contribution is -2.25. The van der Waals surface area contributed by atoms with Crippen molar-refractivity contribution >= 4 is 11.8 Å². The number of methoxy groups -OCH3 is 1. The molecule has 252 valence electrons. The van der Waals surface area contributed by atoms with Gasteiger partial charge in [0.25, 0.3) is 0 Å². The van der Waals surface area contributed by atoms with Crippen LogP contribution in [0.15, 0.2) is 113 Å². The highest BCUT2D eigenvalue weighted by molar-refractivity contribution is 5.66. The lowest BCUT2D eigenvalue weighted by molar-refractivity contribution is 0.0755. The zero-order chi connectivity index (χ0) is 35.4. The van der Waals surface area contributed by atoms with Gasteiger partial charge in [-0.05, 0) is 66.9 Å². The summed E-state index contributed by atoms with van der Waals surface area (Å²) >= 11 is 0. The zero-order valence-electron chi connectivity index (χ0n) is 29.8. The summed E-state index contributed by atoms with van der Waals surface area (Å²) in [5.41, 5.74) is 5.06. The minimum atomic E-state index is -1.04. The van der Waals surface area contributed by atoms with E-state index in [0.29, 0.717) is 5.57 Å². The Morgan fingerprint density at radius 1 is 0.918 bits per heavy atom. The largest absolute Gasteiger partial charge is 0.496 e. The molecule has 2 aliphatic rings. The topological polar surface area (TPSA) is 93.1 Å². The van der Waals surface area contributed by atoms with E-state index in [2.05, 4.69) is 81.2 Å². The van der Waals surface area contributed by atoms with Crippen LogP contribution in [0.5, 0.6) is 5.75 Å².